The Morgan fingerprint density at radius 1 is 1.10 bits per heavy atom. The number of carbonyl (C=O) groups is 2. The van der Waals surface area contributed by atoms with Gasteiger partial charge in [0.25, 0.3) is 0 Å². The lowest BCUT2D eigenvalue weighted by Gasteiger charge is -2.26. The zero-order chi connectivity index (χ0) is 14.9. The maximum atomic E-state index is 11.9. The predicted octanol–water partition coefficient (Wildman–Crippen LogP) is 0.735. The minimum absolute atomic E-state index is 0.0571. The quantitative estimate of drug-likeness (QED) is 0.840. The maximum Gasteiger partial charge on any atom is 0.315 e. The highest BCUT2D eigenvalue weighted by Crippen LogP contribution is 1.99. The number of morpholine rings is 1. The number of carbonyl (C=O) groups excluding carboxylic acids is 2. The molecule has 0 bridgehead atoms. The van der Waals surface area contributed by atoms with E-state index in [9.17, 15) is 9.59 Å². The molecule has 0 spiro atoms. The SMILES string of the molecule is O=C(NCCC(=O)N1CCOCC1)NCc1ccccc1. The molecule has 1 aliphatic heterocycles. The second-order valence-electron chi connectivity index (χ2n) is 4.84. The average Bonchev–Trinajstić information content (AvgIpc) is 2.54. The number of rotatable bonds is 5. The molecule has 6 nitrogen and oxygen atoms in total. The number of hydrogen-bond donors (Lipinski definition) is 2. The molecule has 1 fully saturated rings. The van der Waals surface area contributed by atoms with Gasteiger partial charge < -0.3 is 20.3 Å². The van der Waals surface area contributed by atoms with Gasteiger partial charge in [0.2, 0.25) is 5.91 Å². The molecule has 0 aromatic heterocycles. The Kier molecular flexibility index (Phi) is 6.02. The summed E-state index contributed by atoms with van der Waals surface area (Å²) < 4.78 is 5.19. The van der Waals surface area contributed by atoms with Crippen molar-refractivity contribution in [3.8, 4) is 0 Å². The number of benzene rings is 1. The van der Waals surface area contributed by atoms with Gasteiger partial charge in [0.15, 0.2) is 0 Å². The minimum atomic E-state index is -0.256. The van der Waals surface area contributed by atoms with Crippen LogP contribution in [-0.2, 0) is 16.1 Å². The van der Waals surface area contributed by atoms with E-state index in [1.807, 2.05) is 30.3 Å². The van der Waals surface area contributed by atoms with Gasteiger partial charge in [0, 0.05) is 32.6 Å². The van der Waals surface area contributed by atoms with Crippen molar-refractivity contribution >= 4 is 11.9 Å². The second-order valence-corrected chi connectivity index (χ2v) is 4.84. The van der Waals surface area contributed by atoms with Crippen molar-refractivity contribution in [3.63, 3.8) is 0 Å². The number of ether oxygens (including phenoxy) is 1. The molecular formula is C15H21N3O3. The molecule has 1 saturated heterocycles. The fourth-order valence-corrected chi connectivity index (χ4v) is 2.09. The molecule has 1 aromatic carbocycles. The smallest absolute Gasteiger partial charge is 0.315 e. The van der Waals surface area contributed by atoms with Crippen molar-refractivity contribution in [1.82, 2.24) is 15.5 Å². The fraction of sp³-hybridized carbons (Fsp3) is 0.467. The molecule has 0 saturated carbocycles. The van der Waals surface area contributed by atoms with Crippen LogP contribution in [0.5, 0.6) is 0 Å². The van der Waals surface area contributed by atoms with Crippen molar-refractivity contribution in [3.05, 3.63) is 35.9 Å². The van der Waals surface area contributed by atoms with Crippen LogP contribution in [0.1, 0.15) is 12.0 Å². The lowest BCUT2D eigenvalue weighted by atomic mass is 10.2. The van der Waals surface area contributed by atoms with Gasteiger partial charge in [0.1, 0.15) is 0 Å². The summed E-state index contributed by atoms with van der Waals surface area (Å²) in [5, 5.41) is 5.45. The first-order valence-corrected chi connectivity index (χ1v) is 7.17. The van der Waals surface area contributed by atoms with Crippen molar-refractivity contribution < 1.29 is 14.3 Å². The molecule has 2 rings (SSSR count). The summed E-state index contributed by atoms with van der Waals surface area (Å²) in [7, 11) is 0. The van der Waals surface area contributed by atoms with E-state index in [0.29, 0.717) is 45.8 Å². The number of hydrogen-bond acceptors (Lipinski definition) is 3. The van der Waals surface area contributed by atoms with E-state index in [0.717, 1.165) is 5.56 Å². The van der Waals surface area contributed by atoms with Gasteiger partial charge in [-0.1, -0.05) is 30.3 Å². The van der Waals surface area contributed by atoms with Crippen LogP contribution >= 0.6 is 0 Å². The Labute approximate surface area is 124 Å². The van der Waals surface area contributed by atoms with Gasteiger partial charge in [-0.05, 0) is 5.56 Å². The summed E-state index contributed by atoms with van der Waals surface area (Å²) in [6.07, 6.45) is 0.318. The first-order valence-electron chi connectivity index (χ1n) is 7.17. The number of urea groups is 1. The van der Waals surface area contributed by atoms with E-state index in [2.05, 4.69) is 10.6 Å². The van der Waals surface area contributed by atoms with Gasteiger partial charge >= 0.3 is 6.03 Å². The van der Waals surface area contributed by atoms with Crippen LogP contribution < -0.4 is 10.6 Å². The summed E-state index contributed by atoms with van der Waals surface area (Å²) in [6.45, 7) is 3.28. The minimum Gasteiger partial charge on any atom is -0.378 e. The second kappa shape index (κ2) is 8.26. The van der Waals surface area contributed by atoms with Crippen LogP contribution in [-0.4, -0.2) is 49.7 Å². The molecule has 6 heteroatoms. The molecule has 0 aliphatic carbocycles. The Balaban J connectivity index is 1.59. The van der Waals surface area contributed by atoms with E-state index < -0.39 is 0 Å². The van der Waals surface area contributed by atoms with Crippen LogP contribution in [0.3, 0.4) is 0 Å². The average molecular weight is 291 g/mol. The van der Waals surface area contributed by atoms with E-state index in [-0.39, 0.29) is 11.9 Å². The van der Waals surface area contributed by atoms with Gasteiger partial charge in [-0.15, -0.1) is 0 Å². The monoisotopic (exact) mass is 291 g/mol. The molecule has 21 heavy (non-hydrogen) atoms. The van der Waals surface area contributed by atoms with Crippen LogP contribution in [0.15, 0.2) is 30.3 Å². The van der Waals surface area contributed by atoms with Gasteiger partial charge in [0.05, 0.1) is 13.2 Å². The first-order chi connectivity index (χ1) is 10.3. The van der Waals surface area contributed by atoms with Crippen molar-refractivity contribution in [2.45, 2.75) is 13.0 Å². The topological polar surface area (TPSA) is 70.7 Å². The standard InChI is InChI=1S/C15H21N3O3/c19-14(18-8-10-21-11-9-18)6-7-16-15(20)17-12-13-4-2-1-3-5-13/h1-5H,6-12H2,(H2,16,17,20). The summed E-state index contributed by atoms with van der Waals surface area (Å²) in [4.78, 5) is 25.2. The molecule has 114 valence electrons. The summed E-state index contributed by atoms with van der Waals surface area (Å²) in [5.74, 6) is 0.0571. The Hall–Kier alpha value is -2.08. The molecule has 0 radical (unpaired) electrons. The summed E-state index contributed by atoms with van der Waals surface area (Å²) in [5.41, 5.74) is 1.04. The number of nitrogens with zero attached hydrogens (tertiary/aromatic N) is 1. The first kappa shape index (κ1) is 15.3. The highest BCUT2D eigenvalue weighted by atomic mass is 16.5. The van der Waals surface area contributed by atoms with Crippen LogP contribution in [0.25, 0.3) is 0 Å². The van der Waals surface area contributed by atoms with E-state index in [1.54, 1.807) is 4.90 Å². The van der Waals surface area contributed by atoms with Crippen LogP contribution in [0.4, 0.5) is 4.79 Å². The molecule has 1 aliphatic rings. The molecule has 0 unspecified atom stereocenters. The Bertz CT molecular complexity index is 458. The zero-order valence-corrected chi connectivity index (χ0v) is 12.0. The molecule has 1 heterocycles. The van der Waals surface area contributed by atoms with Crippen LogP contribution in [0.2, 0.25) is 0 Å². The number of nitrogens with one attached hydrogen (secondary N) is 2. The molecular weight excluding hydrogens is 270 g/mol. The van der Waals surface area contributed by atoms with Crippen molar-refractivity contribution in [2.24, 2.45) is 0 Å². The lowest BCUT2D eigenvalue weighted by molar-refractivity contribution is -0.135. The predicted molar refractivity (Wildman–Crippen MR) is 78.7 cm³/mol. The third-order valence-electron chi connectivity index (χ3n) is 3.28. The highest BCUT2D eigenvalue weighted by molar-refractivity contribution is 5.78. The highest BCUT2D eigenvalue weighted by Gasteiger charge is 2.16. The third kappa shape index (κ3) is 5.43. The zero-order valence-electron chi connectivity index (χ0n) is 12.0. The van der Waals surface area contributed by atoms with E-state index >= 15 is 0 Å². The van der Waals surface area contributed by atoms with Gasteiger partial charge in [-0.2, -0.15) is 0 Å². The Morgan fingerprint density at radius 3 is 2.52 bits per heavy atom. The van der Waals surface area contributed by atoms with Gasteiger partial charge in [-0.25, -0.2) is 4.79 Å². The van der Waals surface area contributed by atoms with E-state index in [1.165, 1.54) is 0 Å². The van der Waals surface area contributed by atoms with Crippen molar-refractivity contribution in [2.75, 3.05) is 32.8 Å². The number of amides is 3. The normalized spacial score (nSPS) is 14.6. The largest absolute Gasteiger partial charge is 0.378 e. The maximum absolute atomic E-state index is 11.9. The summed E-state index contributed by atoms with van der Waals surface area (Å²) >= 11 is 0. The molecule has 3 amide bonds. The fourth-order valence-electron chi connectivity index (χ4n) is 2.09. The molecule has 1 aromatic rings. The molecule has 2 N–H and O–H groups in total. The van der Waals surface area contributed by atoms with Gasteiger partial charge in [-0.3, -0.25) is 4.79 Å². The van der Waals surface area contributed by atoms with E-state index in [4.69, 9.17) is 4.74 Å². The summed E-state index contributed by atoms with van der Waals surface area (Å²) in [6, 6.07) is 9.42. The third-order valence-corrected chi connectivity index (χ3v) is 3.28. The molecule has 0 atom stereocenters. The van der Waals surface area contributed by atoms with Crippen LogP contribution in [0, 0.1) is 0 Å². The lowest BCUT2D eigenvalue weighted by Crippen LogP contribution is -2.43. The van der Waals surface area contributed by atoms with Crippen molar-refractivity contribution in [1.29, 1.82) is 0 Å². The Morgan fingerprint density at radius 2 is 1.81 bits per heavy atom.